The molecule has 5 nitrogen and oxygen atoms in total. The largest absolute Gasteiger partial charge is 0.458 e. The molecule has 0 aliphatic heterocycles. The van der Waals surface area contributed by atoms with Crippen LogP contribution in [0.1, 0.15) is 28.9 Å². The summed E-state index contributed by atoms with van der Waals surface area (Å²) in [5.74, 6) is 1.34. The molecule has 290 valence electrons. The lowest BCUT2D eigenvalue weighted by atomic mass is 9.95. The molecule has 0 bridgehead atoms. The van der Waals surface area contributed by atoms with Gasteiger partial charge in [0.1, 0.15) is 17.3 Å². The van der Waals surface area contributed by atoms with Crippen LogP contribution in [0.25, 0.3) is 83.4 Å². The van der Waals surface area contributed by atoms with E-state index in [-0.39, 0.29) is 33.5 Å². The van der Waals surface area contributed by atoms with Crippen LogP contribution in [-0.4, -0.2) is 14.1 Å². The van der Waals surface area contributed by atoms with Crippen LogP contribution in [0.2, 0.25) is 0 Å². The van der Waals surface area contributed by atoms with Gasteiger partial charge in [0.15, 0.2) is 0 Å². The molecular formula is C56H40N4O. The fraction of sp³-hybridized carbons (Fsp3) is 0.0357. The van der Waals surface area contributed by atoms with Crippen LogP contribution in [0.4, 0.5) is 0 Å². The summed E-state index contributed by atoms with van der Waals surface area (Å²) >= 11 is 0. The van der Waals surface area contributed by atoms with E-state index in [1.807, 2.05) is 89.5 Å². The van der Waals surface area contributed by atoms with Crippen LogP contribution >= 0.6 is 0 Å². The average molecular weight is 798 g/mol. The molecule has 0 N–H and O–H groups in total. The number of aromatic nitrogens is 4. The van der Waals surface area contributed by atoms with Gasteiger partial charge in [0.2, 0.25) is 0 Å². The molecule has 0 spiro atoms. The van der Waals surface area contributed by atoms with E-state index in [1.165, 1.54) is 0 Å². The van der Waals surface area contributed by atoms with Crippen LogP contribution in [-0.2, 0) is 0 Å². The van der Waals surface area contributed by atoms with Crippen molar-refractivity contribution < 1.29 is 27.1 Å². The molecule has 11 rings (SSSR count). The fourth-order valence-corrected chi connectivity index (χ4v) is 7.95. The van der Waals surface area contributed by atoms with Gasteiger partial charge >= 0.3 is 0 Å². The van der Waals surface area contributed by atoms with E-state index < -0.39 is 67.3 Å². The standard InChI is InChI=1S/C56H40N4O/c1-38-32-55(57-36-39(38)2)60-51-31-28-43(40-16-6-3-7-17-40)33-50(51)49-30-29-46(35-54(49)60)61-45-23-14-22-44(34-45)58-37-59(53-27-13-12-26-52(53)58)56-47(41-18-8-4-9-19-41)24-15-25-48(56)42-20-10-5-11-21-42/h3-36H,1-2H3/i1D3,4D,5D,8D,9D,10D,11D,18D,19D,20D,21D. The molecule has 0 radical (unpaired) electrons. The molecule has 8 aromatic carbocycles. The summed E-state index contributed by atoms with van der Waals surface area (Å²) in [6.07, 6.45) is 4.99. The van der Waals surface area contributed by atoms with E-state index in [0.717, 1.165) is 32.9 Å². The Morgan fingerprint density at radius 1 is 0.574 bits per heavy atom. The van der Waals surface area contributed by atoms with E-state index in [1.54, 1.807) is 70.8 Å². The molecule has 0 aliphatic carbocycles. The number of aryl methyl sites for hydroxylation is 2. The highest BCUT2D eigenvalue weighted by atomic mass is 16.5. The summed E-state index contributed by atoms with van der Waals surface area (Å²) in [4.78, 5) is 4.75. The molecule has 0 saturated carbocycles. The fourth-order valence-electron chi connectivity index (χ4n) is 7.95. The first kappa shape index (κ1) is 24.8. The summed E-state index contributed by atoms with van der Waals surface area (Å²) in [5.41, 5.74) is 6.15. The van der Waals surface area contributed by atoms with E-state index in [2.05, 4.69) is 12.4 Å². The van der Waals surface area contributed by atoms with Crippen molar-refractivity contribution in [2.24, 2.45) is 0 Å². The SMILES string of the molecule is [2H]c1c([2H])c([2H])c(-c2cccc(-c3c([2H])c([2H])c([2H])c([2H])c3[2H])c2-[n+]2[c-]n(-c3cccc(Oc4ccc5c6cc(-c7ccccc7)ccc6n(-c6cc(C([2H])([2H])[2H])c(C)cn6)c5c4)c3)c3ccccc32)c([2H])c1[2H]. The van der Waals surface area contributed by atoms with E-state index in [4.69, 9.17) is 27.5 Å². The van der Waals surface area contributed by atoms with Gasteiger partial charge < -0.3 is 4.74 Å². The van der Waals surface area contributed by atoms with Crippen molar-refractivity contribution in [3.8, 4) is 62.1 Å². The van der Waals surface area contributed by atoms with Crippen LogP contribution in [0, 0.1) is 20.1 Å². The van der Waals surface area contributed by atoms with Gasteiger partial charge in [-0.2, -0.15) is 0 Å². The van der Waals surface area contributed by atoms with Gasteiger partial charge in [-0.1, -0.05) is 145 Å². The number of nitrogens with zero attached hydrogens (tertiary/aromatic N) is 4. The number of hydrogen-bond donors (Lipinski definition) is 0. The van der Waals surface area contributed by atoms with Crippen molar-refractivity contribution in [3.63, 3.8) is 0 Å². The smallest absolute Gasteiger partial charge is 0.269 e. The molecule has 5 heteroatoms. The van der Waals surface area contributed by atoms with Crippen molar-refractivity contribution >= 4 is 32.8 Å². The quantitative estimate of drug-likeness (QED) is 0.113. The summed E-state index contributed by atoms with van der Waals surface area (Å²) in [6, 6.07) is 37.4. The second-order valence-electron chi connectivity index (χ2n) is 14.5. The van der Waals surface area contributed by atoms with Crippen molar-refractivity contribution in [1.29, 1.82) is 0 Å². The summed E-state index contributed by atoms with van der Waals surface area (Å²) in [7, 11) is 0. The maximum atomic E-state index is 9.02. The lowest BCUT2D eigenvalue weighted by Crippen LogP contribution is -2.31. The van der Waals surface area contributed by atoms with E-state index >= 15 is 0 Å². The highest BCUT2D eigenvalue weighted by Crippen LogP contribution is 2.38. The predicted octanol–water partition coefficient (Wildman–Crippen LogP) is 13.6. The van der Waals surface area contributed by atoms with Crippen molar-refractivity contribution in [2.75, 3.05) is 0 Å². The minimum absolute atomic E-state index is 0.132. The number of rotatable bonds is 8. The van der Waals surface area contributed by atoms with Crippen LogP contribution in [0.3, 0.4) is 0 Å². The lowest BCUT2D eigenvalue weighted by molar-refractivity contribution is -0.571. The molecule has 61 heavy (non-hydrogen) atoms. The zero-order chi connectivity index (χ0) is 52.1. The van der Waals surface area contributed by atoms with Gasteiger partial charge in [-0.05, 0) is 107 Å². The molecule has 11 aromatic rings. The molecule has 0 amide bonds. The van der Waals surface area contributed by atoms with Crippen LogP contribution < -0.4 is 9.30 Å². The van der Waals surface area contributed by atoms with Gasteiger partial charge in [-0.15, -0.1) is 0 Å². The van der Waals surface area contributed by atoms with Crippen LogP contribution in [0.5, 0.6) is 11.5 Å². The topological polar surface area (TPSA) is 35.9 Å². The number of ether oxygens (including phenoxy) is 1. The van der Waals surface area contributed by atoms with Crippen molar-refractivity contribution in [3.05, 3.63) is 224 Å². The first-order valence-electron chi connectivity index (χ1n) is 26.0. The first-order chi connectivity index (χ1) is 35.4. The van der Waals surface area contributed by atoms with Gasteiger partial charge in [-0.3, -0.25) is 13.7 Å². The molecule has 0 saturated heterocycles. The molecule has 0 atom stereocenters. The van der Waals surface area contributed by atoms with Gasteiger partial charge in [-0.25, -0.2) is 4.98 Å². The van der Waals surface area contributed by atoms with Gasteiger partial charge in [0.25, 0.3) is 6.33 Å². The highest BCUT2D eigenvalue weighted by Gasteiger charge is 2.20. The molecule has 0 unspecified atom stereocenters. The molecular weight excluding hydrogens is 745 g/mol. The third-order valence-electron chi connectivity index (χ3n) is 10.8. The Hall–Kier alpha value is -8.02. The number of fused-ring (bicyclic) bond motifs is 4. The van der Waals surface area contributed by atoms with Crippen LogP contribution in [0.15, 0.2) is 206 Å². The monoisotopic (exact) mass is 797 g/mol. The minimum Gasteiger partial charge on any atom is -0.458 e. The molecule has 0 fully saturated rings. The molecule has 3 aromatic heterocycles. The van der Waals surface area contributed by atoms with Gasteiger partial charge in [0.05, 0.1) is 47.1 Å². The Morgan fingerprint density at radius 2 is 1.30 bits per heavy atom. The third-order valence-corrected chi connectivity index (χ3v) is 10.8. The number of pyridine rings is 1. The Balaban J connectivity index is 1.08. The summed E-state index contributed by atoms with van der Waals surface area (Å²) < 4.78 is 124. The zero-order valence-corrected chi connectivity index (χ0v) is 32.6. The third kappa shape index (κ3) is 6.44. The maximum absolute atomic E-state index is 9.02. The number of imidazole rings is 1. The number of para-hydroxylation sites is 3. The number of benzene rings is 8. The summed E-state index contributed by atoms with van der Waals surface area (Å²) in [5, 5.41) is 1.82. The lowest BCUT2D eigenvalue weighted by Gasteiger charge is -2.17. The molecule has 3 heterocycles. The second kappa shape index (κ2) is 15.0. The van der Waals surface area contributed by atoms with Gasteiger partial charge in [0, 0.05) is 27.1 Å². The summed E-state index contributed by atoms with van der Waals surface area (Å²) in [6.45, 7) is -0.641. The van der Waals surface area contributed by atoms with Crippen molar-refractivity contribution in [1.82, 2.24) is 14.1 Å². The van der Waals surface area contributed by atoms with Crippen molar-refractivity contribution in [2.45, 2.75) is 13.8 Å². The number of hydrogen-bond acceptors (Lipinski definition) is 2. The van der Waals surface area contributed by atoms with E-state index in [9.17, 15) is 0 Å². The Morgan fingerprint density at radius 3 is 2.07 bits per heavy atom. The normalized spacial score (nSPS) is 14.7. The molecule has 0 aliphatic rings. The highest BCUT2D eigenvalue weighted by molar-refractivity contribution is 6.10. The Labute approximate surface area is 372 Å². The first-order valence-corrected chi connectivity index (χ1v) is 19.5. The Kier molecular flexibility index (Phi) is 6.09. The predicted molar refractivity (Wildman–Crippen MR) is 248 cm³/mol. The van der Waals surface area contributed by atoms with E-state index in [0.29, 0.717) is 39.6 Å². The maximum Gasteiger partial charge on any atom is 0.269 e. The Bertz CT molecular complexity index is 3980. The second-order valence-corrected chi connectivity index (χ2v) is 14.5. The average Bonchev–Trinajstić information content (AvgIpc) is 3.95. The zero-order valence-electron chi connectivity index (χ0n) is 45.6. The minimum atomic E-state index is -2.37.